The Labute approximate surface area is 158 Å². The molecule has 0 atom stereocenters. The fraction of sp³-hybridized carbons (Fsp3) is 0.217. The van der Waals surface area contributed by atoms with Gasteiger partial charge in [0.05, 0.1) is 23.4 Å². The van der Waals surface area contributed by atoms with Crippen LogP contribution in [0.15, 0.2) is 54.6 Å². The van der Waals surface area contributed by atoms with Gasteiger partial charge in [0.15, 0.2) is 0 Å². The van der Waals surface area contributed by atoms with Gasteiger partial charge in [-0.3, -0.25) is 9.59 Å². The van der Waals surface area contributed by atoms with Crippen LogP contribution in [0.2, 0.25) is 0 Å². The summed E-state index contributed by atoms with van der Waals surface area (Å²) in [5, 5.41) is 1.87. The molecular weight excluding hydrogens is 338 g/mol. The topological polar surface area (TPSA) is 46.6 Å². The fourth-order valence-electron chi connectivity index (χ4n) is 3.85. The molecule has 0 fully saturated rings. The second-order valence-electron chi connectivity index (χ2n) is 6.57. The van der Waals surface area contributed by atoms with Crippen LogP contribution < -0.4 is 9.64 Å². The van der Waals surface area contributed by atoms with Gasteiger partial charge in [-0.2, -0.15) is 0 Å². The average molecular weight is 359 g/mol. The number of aryl methyl sites for hydroxylation is 1. The molecule has 0 spiro atoms. The van der Waals surface area contributed by atoms with Gasteiger partial charge in [0, 0.05) is 5.39 Å². The van der Waals surface area contributed by atoms with Crippen LogP contribution in [-0.2, 0) is 6.42 Å². The van der Waals surface area contributed by atoms with Crippen LogP contribution >= 0.6 is 0 Å². The zero-order valence-electron chi connectivity index (χ0n) is 15.5. The lowest BCUT2D eigenvalue weighted by Crippen LogP contribution is -2.29. The minimum atomic E-state index is -0.312. The lowest BCUT2D eigenvalue weighted by Gasteiger charge is -2.15. The zero-order chi connectivity index (χ0) is 19.0. The number of fused-ring (bicyclic) bond motifs is 2. The number of para-hydroxylation sites is 1. The van der Waals surface area contributed by atoms with E-state index in [4.69, 9.17) is 4.74 Å². The van der Waals surface area contributed by atoms with Gasteiger partial charge >= 0.3 is 0 Å². The van der Waals surface area contributed by atoms with E-state index in [1.165, 1.54) is 4.90 Å². The molecule has 3 aromatic rings. The van der Waals surface area contributed by atoms with E-state index in [0.29, 0.717) is 29.2 Å². The van der Waals surface area contributed by atoms with Gasteiger partial charge in [-0.05, 0) is 36.4 Å². The molecular formula is C23H21NO3. The molecule has 27 heavy (non-hydrogen) atoms. The Kier molecular flexibility index (Phi) is 4.40. The van der Waals surface area contributed by atoms with Gasteiger partial charge in [0.1, 0.15) is 5.75 Å². The highest BCUT2D eigenvalue weighted by Gasteiger charge is 2.42. The molecule has 136 valence electrons. The molecule has 0 aromatic heterocycles. The molecule has 4 heteroatoms. The number of hydrogen-bond donors (Lipinski definition) is 0. The number of imide groups is 1. The SMILES string of the molecule is CCCc1c2c(c(OCC)c3ccccc13)C(=O)N(c1ccccc1)C2=O. The van der Waals surface area contributed by atoms with Crippen molar-refractivity contribution in [3.05, 3.63) is 71.3 Å². The minimum absolute atomic E-state index is 0.267. The predicted octanol–water partition coefficient (Wildman–Crippen LogP) is 4.99. The monoisotopic (exact) mass is 359 g/mol. The third-order valence-corrected chi connectivity index (χ3v) is 4.91. The molecule has 4 rings (SSSR count). The molecule has 1 heterocycles. The smallest absolute Gasteiger partial charge is 0.269 e. The van der Waals surface area contributed by atoms with Gasteiger partial charge in [-0.15, -0.1) is 0 Å². The third-order valence-electron chi connectivity index (χ3n) is 4.91. The first-order valence-electron chi connectivity index (χ1n) is 9.33. The first-order valence-corrected chi connectivity index (χ1v) is 9.33. The van der Waals surface area contributed by atoms with Crippen molar-refractivity contribution in [3.63, 3.8) is 0 Å². The largest absolute Gasteiger partial charge is 0.492 e. The first-order chi connectivity index (χ1) is 13.2. The van der Waals surface area contributed by atoms with E-state index < -0.39 is 0 Å². The summed E-state index contributed by atoms with van der Waals surface area (Å²) >= 11 is 0. The van der Waals surface area contributed by atoms with Crippen LogP contribution in [-0.4, -0.2) is 18.4 Å². The normalized spacial score (nSPS) is 13.3. The molecule has 1 aliphatic heterocycles. The summed E-state index contributed by atoms with van der Waals surface area (Å²) in [5.41, 5.74) is 2.40. The first kappa shape index (κ1) is 17.3. The van der Waals surface area contributed by atoms with Crippen LogP contribution in [0.5, 0.6) is 5.75 Å². The quantitative estimate of drug-likeness (QED) is 0.603. The number of ether oxygens (including phenoxy) is 1. The second kappa shape index (κ2) is 6.88. The van der Waals surface area contributed by atoms with Crippen LogP contribution in [0.25, 0.3) is 10.8 Å². The lowest BCUT2D eigenvalue weighted by atomic mass is 9.91. The van der Waals surface area contributed by atoms with Crippen molar-refractivity contribution in [1.82, 2.24) is 0 Å². The number of nitrogens with zero attached hydrogens (tertiary/aromatic N) is 1. The third kappa shape index (κ3) is 2.60. The molecule has 0 bridgehead atoms. The number of carbonyl (C=O) groups excluding carboxylic acids is 2. The maximum Gasteiger partial charge on any atom is 0.269 e. The van der Waals surface area contributed by atoms with E-state index in [0.717, 1.165) is 29.2 Å². The van der Waals surface area contributed by atoms with Crippen molar-refractivity contribution >= 4 is 28.3 Å². The van der Waals surface area contributed by atoms with E-state index in [1.54, 1.807) is 12.1 Å². The summed E-state index contributed by atoms with van der Waals surface area (Å²) in [6.45, 7) is 4.39. The van der Waals surface area contributed by atoms with E-state index in [9.17, 15) is 9.59 Å². The summed E-state index contributed by atoms with van der Waals surface area (Å²) < 4.78 is 5.90. The van der Waals surface area contributed by atoms with Crippen molar-refractivity contribution in [2.75, 3.05) is 11.5 Å². The Morgan fingerprint density at radius 1 is 0.815 bits per heavy atom. The van der Waals surface area contributed by atoms with Crippen molar-refractivity contribution in [2.45, 2.75) is 26.7 Å². The summed E-state index contributed by atoms with van der Waals surface area (Å²) in [6, 6.07) is 16.9. The molecule has 4 nitrogen and oxygen atoms in total. The summed E-state index contributed by atoms with van der Waals surface area (Å²) in [6.07, 6.45) is 1.62. The van der Waals surface area contributed by atoms with Gasteiger partial charge in [0.2, 0.25) is 0 Å². The predicted molar refractivity (Wildman–Crippen MR) is 107 cm³/mol. The number of benzene rings is 3. The number of hydrogen-bond acceptors (Lipinski definition) is 3. The van der Waals surface area contributed by atoms with Crippen LogP contribution in [0.3, 0.4) is 0 Å². The minimum Gasteiger partial charge on any atom is -0.492 e. The summed E-state index contributed by atoms with van der Waals surface area (Å²) in [4.78, 5) is 28.0. The Bertz CT molecular complexity index is 976. The van der Waals surface area contributed by atoms with E-state index in [1.807, 2.05) is 49.4 Å². The summed E-state index contributed by atoms with van der Waals surface area (Å²) in [7, 11) is 0. The zero-order valence-corrected chi connectivity index (χ0v) is 15.5. The van der Waals surface area contributed by atoms with Gasteiger partial charge in [0.25, 0.3) is 11.8 Å². The lowest BCUT2D eigenvalue weighted by molar-refractivity contribution is 0.0925. The number of amides is 2. The van der Waals surface area contributed by atoms with Crippen LogP contribution in [0, 0.1) is 0 Å². The van der Waals surface area contributed by atoms with E-state index in [2.05, 4.69) is 6.92 Å². The number of rotatable bonds is 5. The Hall–Kier alpha value is -3.14. The second-order valence-corrected chi connectivity index (χ2v) is 6.57. The molecule has 3 aromatic carbocycles. The molecule has 0 saturated heterocycles. The van der Waals surface area contributed by atoms with E-state index in [-0.39, 0.29) is 11.8 Å². The highest BCUT2D eigenvalue weighted by molar-refractivity contribution is 6.37. The Morgan fingerprint density at radius 3 is 2.11 bits per heavy atom. The average Bonchev–Trinajstić information content (AvgIpc) is 2.96. The molecule has 0 aliphatic carbocycles. The molecule has 0 radical (unpaired) electrons. The van der Waals surface area contributed by atoms with Gasteiger partial charge in [-0.25, -0.2) is 4.90 Å². The van der Waals surface area contributed by atoms with E-state index >= 15 is 0 Å². The fourth-order valence-corrected chi connectivity index (χ4v) is 3.85. The van der Waals surface area contributed by atoms with Crippen molar-refractivity contribution in [2.24, 2.45) is 0 Å². The molecule has 1 aliphatic rings. The maximum atomic E-state index is 13.4. The van der Waals surface area contributed by atoms with Crippen molar-refractivity contribution in [1.29, 1.82) is 0 Å². The summed E-state index contributed by atoms with van der Waals surface area (Å²) in [5.74, 6) is -0.0659. The Balaban J connectivity index is 2.05. The molecule has 0 N–H and O–H groups in total. The van der Waals surface area contributed by atoms with Crippen molar-refractivity contribution in [3.8, 4) is 5.75 Å². The number of carbonyl (C=O) groups is 2. The standard InChI is InChI=1S/C23H21NO3/c1-3-10-17-16-13-8-9-14-18(16)21(27-4-2)20-19(17)22(25)24(23(20)26)15-11-6-5-7-12-15/h5-9,11-14H,3-4,10H2,1-2H3. The Morgan fingerprint density at radius 2 is 1.44 bits per heavy atom. The number of anilines is 1. The molecule has 0 unspecified atom stereocenters. The highest BCUT2D eigenvalue weighted by atomic mass is 16.5. The van der Waals surface area contributed by atoms with Gasteiger partial charge in [-0.1, -0.05) is 55.8 Å². The maximum absolute atomic E-state index is 13.4. The van der Waals surface area contributed by atoms with Crippen LogP contribution in [0.4, 0.5) is 5.69 Å². The van der Waals surface area contributed by atoms with Crippen LogP contribution in [0.1, 0.15) is 46.5 Å². The van der Waals surface area contributed by atoms with Gasteiger partial charge < -0.3 is 4.74 Å². The molecule has 0 saturated carbocycles. The van der Waals surface area contributed by atoms with Crippen molar-refractivity contribution < 1.29 is 14.3 Å². The highest BCUT2D eigenvalue weighted by Crippen LogP contribution is 2.42. The molecule has 2 amide bonds.